The Kier molecular flexibility index (Phi) is 23.1. The van der Waals surface area contributed by atoms with Crippen LogP contribution >= 0.6 is 0 Å². The van der Waals surface area contributed by atoms with Gasteiger partial charge in [-0.3, -0.25) is 23.8 Å². The number of nitrogens with one attached hydrogen (secondary N) is 2. The number of hydrogen-bond acceptors (Lipinski definition) is 15. The Hall–Kier alpha value is -8.90. The quantitative estimate of drug-likeness (QED) is 0.0851. The summed E-state index contributed by atoms with van der Waals surface area (Å²) in [5.41, 5.74) is 5.31. The smallest absolute Gasteiger partial charge is 0.272 e. The van der Waals surface area contributed by atoms with Crippen molar-refractivity contribution in [3.63, 3.8) is 0 Å². The first-order valence-electron chi connectivity index (χ1n) is 35.4. The lowest BCUT2D eigenvalue weighted by atomic mass is 10.0. The van der Waals surface area contributed by atoms with Gasteiger partial charge in [-0.25, -0.2) is 71.3 Å². The number of fused-ring (bicyclic) bond motifs is 3. The predicted octanol–water partition coefficient (Wildman–Crippen LogP) is 12.9. The number of likely N-dealkylation sites (tertiary alicyclic amines) is 3. The van der Waals surface area contributed by atoms with Gasteiger partial charge in [0.05, 0.1) is 40.0 Å². The molecule has 30 heteroatoms. The largest absolute Gasteiger partial charge is 0.335 e. The minimum absolute atomic E-state index is 0.0722. The first-order valence-corrected chi connectivity index (χ1v) is 40.9. The molecule has 2 N–H and O–H groups in total. The Balaban J connectivity index is 0.000000155. The fourth-order valence-electron chi connectivity index (χ4n) is 13.5. The Labute approximate surface area is 597 Å². The topological polar surface area (TPSA) is 278 Å². The number of rotatable bonds is 16. The number of carbonyl (C=O) groups is 3. The van der Waals surface area contributed by atoms with Crippen molar-refractivity contribution in [1.82, 2.24) is 58.5 Å². The molecule has 0 bridgehead atoms. The van der Waals surface area contributed by atoms with Crippen LogP contribution in [0.3, 0.4) is 0 Å². The van der Waals surface area contributed by atoms with Crippen LogP contribution in [-0.4, -0.2) is 157 Å². The van der Waals surface area contributed by atoms with Crippen molar-refractivity contribution in [1.29, 1.82) is 0 Å². The van der Waals surface area contributed by atoms with E-state index in [1.165, 1.54) is 53.4 Å². The summed E-state index contributed by atoms with van der Waals surface area (Å²) in [4.78, 5) is 59.1. The van der Waals surface area contributed by atoms with E-state index in [-0.39, 0.29) is 92.3 Å². The van der Waals surface area contributed by atoms with Crippen LogP contribution in [0, 0.1) is 23.3 Å². The highest BCUT2D eigenvalue weighted by Crippen LogP contribution is 2.34. The predicted molar refractivity (Wildman–Crippen MR) is 387 cm³/mol. The van der Waals surface area contributed by atoms with E-state index in [0.29, 0.717) is 78.4 Å². The number of amides is 3. The fraction of sp³-hybridized carbons (Fsp3) is 0.466. The van der Waals surface area contributed by atoms with Crippen molar-refractivity contribution < 1.29 is 57.2 Å². The van der Waals surface area contributed by atoms with Crippen LogP contribution in [0.2, 0.25) is 0 Å². The molecule has 1 aliphatic carbocycles. The van der Waals surface area contributed by atoms with Crippen molar-refractivity contribution in [2.24, 2.45) is 0 Å². The lowest BCUT2D eigenvalue weighted by Gasteiger charge is -2.31. The molecule has 0 spiro atoms. The van der Waals surface area contributed by atoms with E-state index in [4.69, 9.17) is 0 Å². The number of hydrogen-bond donors (Lipinski definition) is 2. The van der Waals surface area contributed by atoms with E-state index < -0.39 is 58.4 Å². The molecular weight excluding hydrogens is 1390 g/mol. The third-order valence-corrected chi connectivity index (χ3v) is 22.6. The molecule has 103 heavy (non-hydrogen) atoms. The van der Waals surface area contributed by atoms with E-state index in [0.717, 1.165) is 126 Å². The molecule has 0 radical (unpaired) electrons. The van der Waals surface area contributed by atoms with Gasteiger partial charge in [-0.15, -0.1) is 0 Å². The van der Waals surface area contributed by atoms with Gasteiger partial charge in [0, 0.05) is 89.9 Å². The minimum Gasteiger partial charge on any atom is -0.335 e. The van der Waals surface area contributed by atoms with Crippen LogP contribution in [0.15, 0.2) is 84.9 Å². The Bertz CT molecular complexity index is 5050. The zero-order chi connectivity index (χ0) is 73.8. The zero-order valence-corrected chi connectivity index (χ0v) is 61.7. The van der Waals surface area contributed by atoms with Crippen LogP contribution in [0.4, 0.5) is 28.9 Å². The van der Waals surface area contributed by atoms with E-state index in [1.54, 1.807) is 44.3 Å². The Morgan fingerprint density at radius 3 is 1.29 bits per heavy atom. The summed E-state index contributed by atoms with van der Waals surface area (Å²) in [6, 6.07) is 21.0. The molecule has 6 aromatic heterocycles. The normalized spacial score (nSPS) is 17.9. The number of halogens is 4. The van der Waals surface area contributed by atoms with E-state index >= 15 is 8.78 Å². The highest BCUT2D eigenvalue weighted by Gasteiger charge is 2.36. The van der Waals surface area contributed by atoms with Gasteiger partial charge in [0.1, 0.15) is 40.2 Å². The number of aryl methyl sites for hydroxylation is 3. The van der Waals surface area contributed by atoms with Crippen molar-refractivity contribution in [3.8, 4) is 33.8 Å². The van der Waals surface area contributed by atoms with Crippen molar-refractivity contribution in [2.75, 3.05) is 41.6 Å². The van der Waals surface area contributed by atoms with Crippen LogP contribution in [0.25, 0.3) is 50.7 Å². The molecule has 13 rings (SSSR count). The van der Waals surface area contributed by atoms with E-state index in [1.807, 2.05) is 37.5 Å². The number of sulfonamides is 2. The van der Waals surface area contributed by atoms with Gasteiger partial charge in [0.25, 0.3) is 17.7 Å². The van der Waals surface area contributed by atoms with Crippen molar-refractivity contribution >= 4 is 75.9 Å². The molecule has 4 aliphatic rings. The molecule has 3 aliphatic heterocycles. The van der Waals surface area contributed by atoms with E-state index in [9.17, 15) is 48.4 Å². The average molecular weight is 1480 g/mol. The van der Waals surface area contributed by atoms with Gasteiger partial charge < -0.3 is 14.7 Å². The second kappa shape index (κ2) is 31.6. The van der Waals surface area contributed by atoms with Crippen LogP contribution < -0.4 is 9.44 Å². The number of sulfone groups is 1. The molecule has 550 valence electrons. The first-order chi connectivity index (χ1) is 49.0. The molecule has 9 aromatic rings. The lowest BCUT2D eigenvalue weighted by Crippen LogP contribution is -2.40. The molecule has 23 nitrogen and oxygen atoms in total. The summed E-state index contributed by atoms with van der Waals surface area (Å²) in [6.45, 7) is 14.1. The zero-order valence-electron chi connectivity index (χ0n) is 59.2. The van der Waals surface area contributed by atoms with Gasteiger partial charge >= 0.3 is 0 Å². The third-order valence-electron chi connectivity index (χ3n) is 19.3. The molecule has 3 aromatic carbocycles. The number of anilines is 2. The number of nitrogens with zero attached hydrogens (tertiary/aromatic N) is 12. The van der Waals surface area contributed by atoms with Crippen LogP contribution in [-0.2, 0) is 54.9 Å². The molecular formula is C73H88F4N14O9S3. The maximum atomic E-state index is 15.5. The maximum absolute atomic E-state index is 15.5. The second-order valence-corrected chi connectivity index (χ2v) is 33.2. The molecule has 3 amide bonds. The van der Waals surface area contributed by atoms with Gasteiger partial charge in [-0.2, -0.15) is 15.3 Å². The summed E-state index contributed by atoms with van der Waals surface area (Å²) in [5.74, 6) is -3.54. The maximum Gasteiger partial charge on any atom is 0.272 e. The monoisotopic (exact) mass is 1480 g/mol. The molecule has 3 unspecified atom stereocenters. The Morgan fingerprint density at radius 1 is 0.466 bits per heavy atom. The number of benzene rings is 3. The molecule has 1 saturated carbocycles. The number of carbonyl (C=O) groups excluding carboxylic acids is 3. The van der Waals surface area contributed by atoms with Crippen molar-refractivity contribution in [3.05, 3.63) is 148 Å². The summed E-state index contributed by atoms with van der Waals surface area (Å²) >= 11 is 0. The van der Waals surface area contributed by atoms with Gasteiger partial charge in [0.15, 0.2) is 32.6 Å². The minimum atomic E-state index is -3.51. The van der Waals surface area contributed by atoms with Crippen LogP contribution in [0.5, 0.6) is 0 Å². The average Bonchev–Trinajstić information content (AvgIpc) is 1.64. The molecule has 4 fully saturated rings. The summed E-state index contributed by atoms with van der Waals surface area (Å²) in [7, 11) is -10.3. The standard InChI is InChI=1S/C25H30FN5O3S.C24H28F2N4O3S.C24H30FN5O3S/c1-3-18-14-23(25(32)30-12-6-4-5-7-16(30)2)27-24-15-22(28-31(18)24)20-11-8-17(13-21(20)26)29-35(33,34)19-9-10-19;1-4-17-13-20(24(31)29-11-7-5-6-8-15(29)2)27-23-21(26)22(28-30(17)23)18-10-9-16(12-19(18)25)14-34(3,32)33;1-4-18-14-22(24(31)29-12-8-6-5-7-9-16(29)2)26-23-15-21(27-30(18)23)19-11-10-17(13-20(19)25)28-34(3,32)33/h8,11,13-16,19,29H,3-7,9-10,12H2,1-2H3;9-10,12-13,15H,4-8,11,14H2,1-3H3;10-11,13-16,28H,4-9,12H2,1-3H3. The van der Waals surface area contributed by atoms with Gasteiger partial charge in [-0.05, 0) is 164 Å². The molecule has 9 heterocycles. The van der Waals surface area contributed by atoms with Crippen LogP contribution in [0.1, 0.15) is 192 Å². The van der Waals surface area contributed by atoms with Crippen molar-refractivity contribution in [2.45, 2.75) is 186 Å². The highest BCUT2D eigenvalue weighted by atomic mass is 32.2. The van der Waals surface area contributed by atoms with Gasteiger partial charge in [0.2, 0.25) is 20.0 Å². The third kappa shape index (κ3) is 17.7. The van der Waals surface area contributed by atoms with Gasteiger partial charge in [-0.1, -0.05) is 71.8 Å². The lowest BCUT2D eigenvalue weighted by molar-refractivity contribution is 0.0657. The van der Waals surface area contributed by atoms with E-state index in [2.05, 4.69) is 53.5 Å². The molecule has 3 atom stereocenters. The fourth-order valence-corrected chi connectivity index (χ4v) is 16.3. The summed E-state index contributed by atoms with van der Waals surface area (Å²) in [6.07, 6.45) is 18.6. The second-order valence-electron chi connectivity index (χ2n) is 27.4. The number of aromatic nitrogens is 9. The Morgan fingerprint density at radius 2 is 0.874 bits per heavy atom. The molecule has 3 saturated heterocycles. The summed E-state index contributed by atoms with van der Waals surface area (Å²) < 4.78 is 140. The SMILES string of the molecule is CCc1cc(C(=O)N2CCCCCC2C)nc2c(F)c(-c3ccc(CS(C)(=O)=O)cc3F)nn12.CCc1cc(C(=O)N2CCCCCC2C)nc2cc(-c3ccc(NS(=O)(=O)C4CC4)cc3F)nn12.CCc1cc(C(=O)N2CCCCCCC2C)nc2cc(-c3ccc(NS(C)(=O)=O)cc3F)nn12. The summed E-state index contributed by atoms with van der Waals surface area (Å²) in [5, 5.41) is 12.9. The highest BCUT2D eigenvalue weighted by molar-refractivity contribution is 7.93. The first kappa shape index (κ1) is 75.3.